The van der Waals surface area contributed by atoms with Gasteiger partial charge in [-0.3, -0.25) is 4.79 Å². The molecule has 2 heterocycles. The number of halogens is 1. The predicted molar refractivity (Wildman–Crippen MR) is 109 cm³/mol. The average molecular weight is 407 g/mol. The predicted octanol–water partition coefficient (Wildman–Crippen LogP) is 4.36. The number of anilines is 1. The summed E-state index contributed by atoms with van der Waals surface area (Å²) in [5, 5.41) is 12.5. The van der Waals surface area contributed by atoms with Crippen LogP contribution in [0.5, 0.6) is 11.5 Å². The summed E-state index contributed by atoms with van der Waals surface area (Å²) in [6.07, 6.45) is 0. The first-order valence-corrected chi connectivity index (χ1v) is 9.29. The number of carbonyl (C=O) groups is 1. The Bertz CT molecular complexity index is 1270. The van der Waals surface area contributed by atoms with Crippen LogP contribution < -0.4 is 14.8 Å². The second-order valence-electron chi connectivity index (χ2n) is 6.65. The Kier molecular flexibility index (Phi) is 4.10. The molecule has 0 atom stereocenters. The molecule has 4 aromatic rings. The van der Waals surface area contributed by atoms with E-state index in [1.807, 2.05) is 31.2 Å². The monoisotopic (exact) mass is 406 g/mol. The Morgan fingerprint density at radius 1 is 1.00 bits per heavy atom. The van der Waals surface area contributed by atoms with Gasteiger partial charge in [-0.25, -0.2) is 0 Å². The molecular weight excluding hydrogens is 392 g/mol. The maximum absolute atomic E-state index is 12.6. The minimum atomic E-state index is -0.250. The van der Waals surface area contributed by atoms with Crippen LogP contribution in [-0.4, -0.2) is 27.7 Å². The second-order valence-corrected chi connectivity index (χ2v) is 7.06. The molecule has 8 heteroatoms. The fourth-order valence-corrected chi connectivity index (χ4v) is 3.23. The van der Waals surface area contributed by atoms with E-state index >= 15 is 0 Å². The van der Waals surface area contributed by atoms with E-state index in [1.165, 1.54) is 4.80 Å². The minimum absolute atomic E-state index is 0.166. The fourth-order valence-electron chi connectivity index (χ4n) is 3.05. The lowest BCUT2D eigenvalue weighted by Crippen LogP contribution is -2.11. The largest absolute Gasteiger partial charge is 0.454 e. The number of amides is 1. The van der Waals surface area contributed by atoms with Crippen molar-refractivity contribution in [2.24, 2.45) is 0 Å². The van der Waals surface area contributed by atoms with Gasteiger partial charge in [-0.15, -0.1) is 10.2 Å². The third-order valence-electron chi connectivity index (χ3n) is 4.66. The molecule has 1 aliphatic heterocycles. The van der Waals surface area contributed by atoms with Crippen LogP contribution in [0.4, 0.5) is 5.69 Å². The molecule has 7 nitrogen and oxygen atoms in total. The second kappa shape index (κ2) is 6.79. The van der Waals surface area contributed by atoms with Crippen LogP contribution in [-0.2, 0) is 0 Å². The van der Waals surface area contributed by atoms with Gasteiger partial charge in [0.1, 0.15) is 11.0 Å². The van der Waals surface area contributed by atoms with Crippen molar-refractivity contribution in [2.45, 2.75) is 6.92 Å². The van der Waals surface area contributed by atoms with E-state index in [2.05, 4.69) is 15.5 Å². The highest BCUT2D eigenvalue weighted by Crippen LogP contribution is 2.32. The Balaban J connectivity index is 1.41. The zero-order valence-corrected chi connectivity index (χ0v) is 16.1. The number of benzene rings is 3. The zero-order chi connectivity index (χ0) is 20.0. The molecule has 1 aliphatic rings. The fraction of sp³-hybridized carbons (Fsp3) is 0.0952. The summed E-state index contributed by atoms with van der Waals surface area (Å²) in [5.41, 5.74) is 4.22. The molecular formula is C21H15ClN4O3. The molecule has 0 fully saturated rings. The highest BCUT2D eigenvalue weighted by Gasteiger charge is 2.16. The number of aryl methyl sites for hydroxylation is 1. The van der Waals surface area contributed by atoms with Crippen LogP contribution in [0.1, 0.15) is 15.9 Å². The first-order valence-electron chi connectivity index (χ1n) is 8.91. The molecule has 0 aliphatic carbocycles. The van der Waals surface area contributed by atoms with Gasteiger partial charge >= 0.3 is 0 Å². The van der Waals surface area contributed by atoms with E-state index in [4.69, 9.17) is 21.1 Å². The lowest BCUT2D eigenvalue weighted by atomic mass is 10.2. The summed E-state index contributed by atoms with van der Waals surface area (Å²) in [7, 11) is 0. The van der Waals surface area contributed by atoms with Crippen LogP contribution in [0, 0.1) is 6.92 Å². The Hall–Kier alpha value is -3.58. The van der Waals surface area contributed by atoms with Crippen LogP contribution in [0.3, 0.4) is 0 Å². The van der Waals surface area contributed by atoms with Gasteiger partial charge in [-0.2, -0.15) is 4.80 Å². The van der Waals surface area contributed by atoms with Gasteiger partial charge < -0.3 is 14.8 Å². The summed E-state index contributed by atoms with van der Waals surface area (Å²) < 4.78 is 10.6. The molecule has 0 unspecified atom stereocenters. The van der Waals surface area contributed by atoms with Crippen LogP contribution in [0.25, 0.3) is 16.7 Å². The number of ether oxygens (including phenoxy) is 2. The number of carbonyl (C=O) groups excluding carboxylic acids is 1. The van der Waals surface area contributed by atoms with E-state index in [0.717, 1.165) is 11.3 Å². The first-order chi connectivity index (χ1) is 14.1. The summed E-state index contributed by atoms with van der Waals surface area (Å²) in [5.74, 6) is 0.948. The number of nitrogens with one attached hydrogen (secondary N) is 1. The van der Waals surface area contributed by atoms with Crippen molar-refractivity contribution in [3.05, 3.63) is 70.7 Å². The van der Waals surface area contributed by atoms with Gasteiger partial charge in [0, 0.05) is 16.3 Å². The van der Waals surface area contributed by atoms with Crippen molar-refractivity contribution in [3.8, 4) is 17.2 Å². The van der Waals surface area contributed by atoms with Crippen molar-refractivity contribution in [3.63, 3.8) is 0 Å². The molecule has 0 spiro atoms. The standard InChI is InChI=1S/C21H15ClN4O3/c1-12-2-5-15(10-16(12)22)26-24-17-6-4-14(9-18(17)25-26)23-21(27)13-3-7-19-20(8-13)29-11-28-19/h2-10H,11H2,1H3,(H,23,27). The smallest absolute Gasteiger partial charge is 0.255 e. The highest BCUT2D eigenvalue weighted by atomic mass is 35.5. The molecule has 3 aromatic carbocycles. The number of fused-ring (bicyclic) bond motifs is 2. The molecule has 0 bridgehead atoms. The quantitative estimate of drug-likeness (QED) is 0.546. The topological polar surface area (TPSA) is 78.3 Å². The number of nitrogens with zero attached hydrogens (tertiary/aromatic N) is 3. The van der Waals surface area contributed by atoms with E-state index in [0.29, 0.717) is 38.8 Å². The summed E-state index contributed by atoms with van der Waals surface area (Å²) in [6, 6.07) is 16.1. The van der Waals surface area contributed by atoms with Crippen LogP contribution in [0.2, 0.25) is 5.02 Å². The normalized spacial score (nSPS) is 12.3. The molecule has 1 amide bonds. The van der Waals surface area contributed by atoms with E-state index in [1.54, 1.807) is 30.3 Å². The number of rotatable bonds is 3. The van der Waals surface area contributed by atoms with Crippen molar-refractivity contribution < 1.29 is 14.3 Å². The van der Waals surface area contributed by atoms with Crippen molar-refractivity contribution in [2.75, 3.05) is 12.1 Å². The lowest BCUT2D eigenvalue weighted by molar-refractivity contribution is 0.102. The molecule has 1 aromatic heterocycles. The highest BCUT2D eigenvalue weighted by molar-refractivity contribution is 6.31. The lowest BCUT2D eigenvalue weighted by Gasteiger charge is -2.05. The average Bonchev–Trinajstić information content (AvgIpc) is 3.35. The minimum Gasteiger partial charge on any atom is -0.454 e. The third-order valence-corrected chi connectivity index (χ3v) is 5.07. The van der Waals surface area contributed by atoms with E-state index < -0.39 is 0 Å². The van der Waals surface area contributed by atoms with Gasteiger partial charge in [0.2, 0.25) is 6.79 Å². The number of aromatic nitrogens is 3. The van der Waals surface area contributed by atoms with Crippen LogP contribution in [0.15, 0.2) is 54.6 Å². The van der Waals surface area contributed by atoms with Crippen molar-refractivity contribution in [1.82, 2.24) is 15.0 Å². The molecule has 0 radical (unpaired) electrons. The molecule has 1 N–H and O–H groups in total. The molecule has 5 rings (SSSR count). The maximum atomic E-state index is 12.6. The molecule has 0 saturated heterocycles. The van der Waals surface area contributed by atoms with Crippen molar-refractivity contribution >= 4 is 34.2 Å². The maximum Gasteiger partial charge on any atom is 0.255 e. The molecule has 29 heavy (non-hydrogen) atoms. The first kappa shape index (κ1) is 17.5. The number of hydrogen-bond acceptors (Lipinski definition) is 5. The van der Waals surface area contributed by atoms with Gasteiger partial charge in [0.25, 0.3) is 5.91 Å². The number of hydrogen-bond donors (Lipinski definition) is 1. The van der Waals surface area contributed by atoms with E-state index in [9.17, 15) is 4.79 Å². The Morgan fingerprint density at radius 2 is 1.83 bits per heavy atom. The van der Waals surface area contributed by atoms with Gasteiger partial charge in [-0.05, 0) is 61.0 Å². The van der Waals surface area contributed by atoms with Crippen molar-refractivity contribution in [1.29, 1.82) is 0 Å². The third kappa shape index (κ3) is 3.25. The summed E-state index contributed by atoms with van der Waals surface area (Å²) >= 11 is 6.21. The molecule has 0 saturated carbocycles. The molecule has 144 valence electrons. The SMILES string of the molecule is Cc1ccc(-n2nc3ccc(NC(=O)c4ccc5c(c4)OCO5)cc3n2)cc1Cl. The Morgan fingerprint density at radius 3 is 2.69 bits per heavy atom. The summed E-state index contributed by atoms with van der Waals surface area (Å²) in [6.45, 7) is 2.10. The zero-order valence-electron chi connectivity index (χ0n) is 15.3. The Labute approximate surface area is 170 Å². The van der Waals surface area contributed by atoms with Crippen LogP contribution >= 0.6 is 11.6 Å². The van der Waals surface area contributed by atoms with Gasteiger partial charge in [-0.1, -0.05) is 17.7 Å². The summed E-state index contributed by atoms with van der Waals surface area (Å²) in [4.78, 5) is 14.1. The van der Waals surface area contributed by atoms with Gasteiger partial charge in [0.15, 0.2) is 11.5 Å². The van der Waals surface area contributed by atoms with Gasteiger partial charge in [0.05, 0.1) is 5.69 Å². The van der Waals surface area contributed by atoms with E-state index in [-0.39, 0.29) is 12.7 Å².